The van der Waals surface area contributed by atoms with E-state index in [1.807, 2.05) is 11.9 Å². The summed E-state index contributed by atoms with van der Waals surface area (Å²) in [5.74, 6) is 0.215. The highest BCUT2D eigenvalue weighted by molar-refractivity contribution is 5.86. The van der Waals surface area contributed by atoms with Crippen molar-refractivity contribution in [2.45, 2.75) is 44.6 Å². The molecule has 5 nitrogen and oxygen atoms in total. The van der Waals surface area contributed by atoms with Gasteiger partial charge in [-0.15, -0.1) is 0 Å². The molecule has 0 aromatic carbocycles. The SMILES string of the molecule is CN(CC(=O)N(C)C1CCCCC1)C(=O)C1CCNC1. The monoisotopic (exact) mass is 281 g/mol. The van der Waals surface area contributed by atoms with Crippen LogP contribution in [0.2, 0.25) is 0 Å². The molecule has 0 aromatic heterocycles. The number of carbonyl (C=O) groups is 2. The molecule has 2 amide bonds. The van der Waals surface area contributed by atoms with E-state index in [2.05, 4.69) is 5.32 Å². The zero-order valence-corrected chi connectivity index (χ0v) is 12.7. The van der Waals surface area contributed by atoms with Crippen molar-refractivity contribution in [3.05, 3.63) is 0 Å². The van der Waals surface area contributed by atoms with Crippen LogP contribution in [0.1, 0.15) is 38.5 Å². The lowest BCUT2D eigenvalue weighted by Crippen LogP contribution is -2.45. The van der Waals surface area contributed by atoms with E-state index >= 15 is 0 Å². The second-order valence-corrected chi connectivity index (χ2v) is 6.18. The van der Waals surface area contributed by atoms with Crippen LogP contribution in [0.3, 0.4) is 0 Å². The lowest BCUT2D eigenvalue weighted by molar-refractivity contribution is -0.142. The maximum absolute atomic E-state index is 12.3. The first-order chi connectivity index (χ1) is 9.59. The number of likely N-dealkylation sites (N-methyl/N-ethyl adjacent to an activating group) is 2. The van der Waals surface area contributed by atoms with E-state index in [4.69, 9.17) is 0 Å². The minimum Gasteiger partial charge on any atom is -0.341 e. The summed E-state index contributed by atoms with van der Waals surface area (Å²) in [7, 11) is 3.63. The maximum Gasteiger partial charge on any atom is 0.242 e. The van der Waals surface area contributed by atoms with Crippen molar-refractivity contribution >= 4 is 11.8 Å². The minimum absolute atomic E-state index is 0.0489. The smallest absolute Gasteiger partial charge is 0.242 e. The first kappa shape index (κ1) is 15.3. The van der Waals surface area contributed by atoms with E-state index in [1.165, 1.54) is 19.3 Å². The van der Waals surface area contributed by atoms with E-state index in [0.717, 1.165) is 32.4 Å². The van der Waals surface area contributed by atoms with Crippen molar-refractivity contribution in [2.75, 3.05) is 33.7 Å². The molecule has 1 atom stereocenters. The Bertz CT molecular complexity index is 347. The molecule has 2 fully saturated rings. The second kappa shape index (κ2) is 7.07. The summed E-state index contributed by atoms with van der Waals surface area (Å²) in [4.78, 5) is 27.9. The van der Waals surface area contributed by atoms with Gasteiger partial charge in [0.15, 0.2) is 0 Å². The fourth-order valence-electron chi connectivity index (χ4n) is 3.24. The van der Waals surface area contributed by atoms with E-state index < -0.39 is 0 Å². The van der Waals surface area contributed by atoms with Crippen LogP contribution in [0.5, 0.6) is 0 Å². The standard InChI is InChI=1S/C15H27N3O2/c1-17(15(20)12-8-9-16-10-12)11-14(19)18(2)13-6-4-3-5-7-13/h12-13,16H,3-11H2,1-2H3. The lowest BCUT2D eigenvalue weighted by Gasteiger charge is -2.32. The van der Waals surface area contributed by atoms with Crippen LogP contribution in [0.25, 0.3) is 0 Å². The van der Waals surface area contributed by atoms with Gasteiger partial charge in [-0.1, -0.05) is 19.3 Å². The Kier molecular flexibility index (Phi) is 5.40. The van der Waals surface area contributed by atoms with Crippen LogP contribution in [-0.2, 0) is 9.59 Å². The van der Waals surface area contributed by atoms with Crippen molar-refractivity contribution in [1.82, 2.24) is 15.1 Å². The van der Waals surface area contributed by atoms with E-state index in [1.54, 1.807) is 11.9 Å². The summed E-state index contributed by atoms with van der Waals surface area (Å²) < 4.78 is 0. The normalized spacial score (nSPS) is 23.6. The van der Waals surface area contributed by atoms with E-state index in [-0.39, 0.29) is 24.3 Å². The van der Waals surface area contributed by atoms with Crippen molar-refractivity contribution in [3.63, 3.8) is 0 Å². The Morgan fingerprint density at radius 1 is 1.10 bits per heavy atom. The average molecular weight is 281 g/mol. The zero-order chi connectivity index (χ0) is 14.5. The summed E-state index contributed by atoms with van der Waals surface area (Å²) in [5, 5.41) is 3.19. The molecule has 2 rings (SSSR count). The summed E-state index contributed by atoms with van der Waals surface area (Å²) in [5.41, 5.74) is 0. The Morgan fingerprint density at radius 2 is 1.80 bits per heavy atom. The number of rotatable bonds is 4. The molecular formula is C15H27N3O2. The summed E-state index contributed by atoms with van der Waals surface area (Å²) in [6.45, 7) is 1.86. The fourth-order valence-corrected chi connectivity index (χ4v) is 3.24. The van der Waals surface area contributed by atoms with Gasteiger partial charge in [0.2, 0.25) is 11.8 Å². The second-order valence-electron chi connectivity index (χ2n) is 6.18. The third-order valence-electron chi connectivity index (χ3n) is 4.67. The van der Waals surface area contributed by atoms with Crippen LogP contribution >= 0.6 is 0 Å². The highest BCUT2D eigenvalue weighted by Crippen LogP contribution is 2.21. The largest absolute Gasteiger partial charge is 0.341 e. The Morgan fingerprint density at radius 3 is 2.40 bits per heavy atom. The number of carbonyl (C=O) groups excluding carboxylic acids is 2. The van der Waals surface area contributed by atoms with Gasteiger partial charge in [-0.3, -0.25) is 9.59 Å². The Labute approximate surface area is 121 Å². The summed E-state index contributed by atoms with van der Waals surface area (Å²) >= 11 is 0. The molecule has 20 heavy (non-hydrogen) atoms. The van der Waals surface area contributed by atoms with Gasteiger partial charge in [0.25, 0.3) is 0 Å². The molecule has 1 heterocycles. The number of hydrogen-bond acceptors (Lipinski definition) is 3. The molecule has 0 radical (unpaired) electrons. The number of amides is 2. The number of nitrogens with one attached hydrogen (secondary N) is 1. The zero-order valence-electron chi connectivity index (χ0n) is 12.7. The molecule has 0 spiro atoms. The van der Waals surface area contributed by atoms with E-state index in [9.17, 15) is 9.59 Å². The molecule has 5 heteroatoms. The maximum atomic E-state index is 12.3. The molecule has 1 saturated carbocycles. The van der Waals surface area contributed by atoms with Crippen LogP contribution in [0.15, 0.2) is 0 Å². The fraction of sp³-hybridized carbons (Fsp3) is 0.867. The van der Waals surface area contributed by atoms with Crippen LogP contribution in [-0.4, -0.2) is 61.4 Å². The van der Waals surface area contributed by atoms with Gasteiger partial charge in [0, 0.05) is 26.7 Å². The molecule has 1 aliphatic heterocycles. The van der Waals surface area contributed by atoms with Crippen molar-refractivity contribution in [1.29, 1.82) is 0 Å². The molecule has 0 aromatic rings. The molecule has 114 valence electrons. The Balaban J connectivity index is 1.81. The van der Waals surface area contributed by atoms with Crippen molar-refractivity contribution in [3.8, 4) is 0 Å². The number of nitrogens with zero attached hydrogens (tertiary/aromatic N) is 2. The summed E-state index contributed by atoms with van der Waals surface area (Å²) in [6, 6.07) is 0.368. The first-order valence-electron chi connectivity index (χ1n) is 7.81. The van der Waals surface area contributed by atoms with Gasteiger partial charge in [-0.25, -0.2) is 0 Å². The van der Waals surface area contributed by atoms with Gasteiger partial charge in [0.1, 0.15) is 0 Å². The third-order valence-corrected chi connectivity index (χ3v) is 4.67. The van der Waals surface area contributed by atoms with Gasteiger partial charge in [0.05, 0.1) is 12.5 Å². The van der Waals surface area contributed by atoms with Crippen molar-refractivity contribution < 1.29 is 9.59 Å². The van der Waals surface area contributed by atoms with Crippen LogP contribution in [0, 0.1) is 5.92 Å². The molecule has 0 bridgehead atoms. The van der Waals surface area contributed by atoms with Crippen LogP contribution in [0.4, 0.5) is 0 Å². The van der Waals surface area contributed by atoms with Gasteiger partial charge in [-0.2, -0.15) is 0 Å². The van der Waals surface area contributed by atoms with E-state index in [0.29, 0.717) is 6.04 Å². The quantitative estimate of drug-likeness (QED) is 0.831. The van der Waals surface area contributed by atoms with Crippen molar-refractivity contribution in [2.24, 2.45) is 5.92 Å². The highest BCUT2D eigenvalue weighted by Gasteiger charge is 2.28. The van der Waals surface area contributed by atoms with Gasteiger partial charge < -0.3 is 15.1 Å². The molecule has 1 aliphatic carbocycles. The average Bonchev–Trinajstić information content (AvgIpc) is 3.00. The molecule has 1 N–H and O–H groups in total. The number of hydrogen-bond donors (Lipinski definition) is 1. The predicted molar refractivity (Wildman–Crippen MR) is 78.3 cm³/mol. The Hall–Kier alpha value is -1.10. The van der Waals surface area contributed by atoms with Gasteiger partial charge in [-0.05, 0) is 25.8 Å². The molecule has 2 aliphatic rings. The highest BCUT2D eigenvalue weighted by atomic mass is 16.2. The topological polar surface area (TPSA) is 52.7 Å². The third kappa shape index (κ3) is 3.72. The van der Waals surface area contributed by atoms with Crippen LogP contribution < -0.4 is 5.32 Å². The lowest BCUT2D eigenvalue weighted by atomic mass is 9.94. The molecular weight excluding hydrogens is 254 g/mol. The minimum atomic E-state index is 0.0489. The first-order valence-corrected chi connectivity index (χ1v) is 7.81. The van der Waals surface area contributed by atoms with Gasteiger partial charge >= 0.3 is 0 Å². The summed E-state index contributed by atoms with van der Waals surface area (Å²) in [6.07, 6.45) is 6.80. The predicted octanol–water partition coefficient (Wildman–Crippen LogP) is 0.845. The molecule has 1 unspecified atom stereocenters. The molecule has 1 saturated heterocycles.